The zero-order valence-electron chi connectivity index (χ0n) is 24.7. The molecule has 0 radical (unpaired) electrons. The van der Waals surface area contributed by atoms with Gasteiger partial charge in [-0.3, -0.25) is 4.79 Å². The summed E-state index contributed by atoms with van der Waals surface area (Å²) in [4.78, 5) is 24.8. The molecule has 0 unspecified atom stereocenters. The molecule has 232 valence electrons. The molecule has 0 fully saturated rings. The molecule has 0 aliphatic rings. The molecule has 0 aromatic heterocycles. The van der Waals surface area contributed by atoms with Crippen LogP contribution in [-0.2, 0) is 34.9 Å². The summed E-state index contributed by atoms with van der Waals surface area (Å²) in [5, 5.41) is 8.49. The van der Waals surface area contributed by atoms with Crippen molar-refractivity contribution in [2.45, 2.75) is 38.0 Å². The van der Waals surface area contributed by atoms with Gasteiger partial charge in [-0.25, -0.2) is 4.79 Å². The zero-order chi connectivity index (χ0) is 29.8. The van der Waals surface area contributed by atoms with E-state index in [1.165, 1.54) is 0 Å². The lowest BCUT2D eigenvalue weighted by atomic mass is 10.1. The summed E-state index contributed by atoms with van der Waals surface area (Å²) < 4.78 is 27.0. The van der Waals surface area contributed by atoms with Crippen LogP contribution in [0.1, 0.15) is 32.3 Å². The lowest BCUT2D eigenvalue weighted by Gasteiger charge is -2.08. The van der Waals surface area contributed by atoms with Crippen LogP contribution in [0.25, 0.3) is 0 Å². The highest BCUT2D eigenvalue weighted by molar-refractivity contribution is 8.76. The van der Waals surface area contributed by atoms with Crippen molar-refractivity contribution < 1.29 is 33.3 Å². The van der Waals surface area contributed by atoms with Crippen molar-refractivity contribution in [1.29, 1.82) is 0 Å². The van der Waals surface area contributed by atoms with Gasteiger partial charge >= 0.3 is 6.09 Å². The number of unbranched alkanes of at least 4 members (excludes halogenated alkanes) is 1. The summed E-state index contributed by atoms with van der Waals surface area (Å²) in [5.41, 5.74) is 0.957. The smallest absolute Gasteiger partial charge is 0.407 e. The van der Waals surface area contributed by atoms with Crippen LogP contribution in [0, 0.1) is 17.8 Å². The Labute approximate surface area is 253 Å². The lowest BCUT2D eigenvalue weighted by Crippen LogP contribution is -2.29. The quantitative estimate of drug-likeness (QED) is 0.0693. The van der Waals surface area contributed by atoms with E-state index in [-0.39, 0.29) is 11.8 Å². The molecular weight excluding hydrogens is 566 g/mol. The zero-order valence-corrected chi connectivity index (χ0v) is 26.3. The summed E-state index contributed by atoms with van der Waals surface area (Å²) in [7, 11) is 5.12. The number of hydrogen-bond donors (Lipinski definition) is 3. The molecule has 2 amide bonds. The first-order chi connectivity index (χ1) is 20.0. The van der Waals surface area contributed by atoms with Gasteiger partial charge in [-0.1, -0.05) is 59.4 Å². The predicted octanol–water partition coefficient (Wildman–Crippen LogP) is 3.49. The molecule has 0 atom stereocenters. The number of benzene rings is 1. The number of carbonyl (C=O) groups is 2. The molecule has 12 heteroatoms. The van der Waals surface area contributed by atoms with Crippen molar-refractivity contribution >= 4 is 33.6 Å². The first-order valence-electron chi connectivity index (χ1n) is 14.0. The van der Waals surface area contributed by atoms with Crippen LogP contribution in [0.4, 0.5) is 4.79 Å². The Morgan fingerprint density at radius 2 is 1.49 bits per heavy atom. The van der Waals surface area contributed by atoms with Gasteiger partial charge in [0.1, 0.15) is 5.94 Å². The molecule has 0 aliphatic carbocycles. The highest BCUT2D eigenvalue weighted by atomic mass is 33.1. The fraction of sp³-hybridized carbons (Fsp3) is 0.655. The molecule has 0 saturated carbocycles. The second-order valence-corrected chi connectivity index (χ2v) is 11.3. The fourth-order valence-corrected chi connectivity index (χ4v) is 4.68. The topological polar surface area (TPSA) is 116 Å². The van der Waals surface area contributed by atoms with Crippen molar-refractivity contribution in [3.05, 3.63) is 29.8 Å². The molecule has 0 saturated heterocycles. The summed E-state index contributed by atoms with van der Waals surface area (Å²) in [6.07, 6.45) is 1.45. The third-order valence-corrected chi connectivity index (χ3v) is 7.08. The first kappa shape index (κ1) is 37.0. The van der Waals surface area contributed by atoms with Gasteiger partial charge in [0.05, 0.1) is 59.2 Å². The lowest BCUT2D eigenvalue weighted by molar-refractivity contribution is -0.120. The molecule has 0 bridgehead atoms. The largest absolute Gasteiger partial charge is 0.450 e. The van der Waals surface area contributed by atoms with Crippen LogP contribution >= 0.6 is 21.6 Å². The van der Waals surface area contributed by atoms with Crippen LogP contribution in [0.15, 0.2) is 29.2 Å². The molecule has 0 aliphatic heterocycles. The van der Waals surface area contributed by atoms with Gasteiger partial charge in [0.25, 0.3) is 0 Å². The van der Waals surface area contributed by atoms with Crippen LogP contribution in [0.5, 0.6) is 0 Å². The third-order valence-electron chi connectivity index (χ3n) is 5.01. The van der Waals surface area contributed by atoms with E-state index in [0.717, 1.165) is 29.8 Å². The normalized spacial score (nSPS) is 10.7. The second-order valence-electron chi connectivity index (χ2n) is 9.01. The Hall–Kier alpha value is -1.98. The monoisotopic (exact) mass is 613 g/mol. The molecule has 41 heavy (non-hydrogen) atoms. The van der Waals surface area contributed by atoms with Gasteiger partial charge < -0.3 is 39.6 Å². The molecule has 1 aromatic rings. The number of ether oxygens (including phenoxy) is 5. The van der Waals surface area contributed by atoms with E-state index in [0.29, 0.717) is 78.3 Å². The first-order valence-corrected chi connectivity index (χ1v) is 16.3. The van der Waals surface area contributed by atoms with Crippen molar-refractivity contribution in [3.63, 3.8) is 0 Å². The van der Waals surface area contributed by atoms with Crippen LogP contribution < -0.4 is 16.0 Å². The van der Waals surface area contributed by atoms with E-state index in [2.05, 4.69) is 27.8 Å². The molecule has 10 nitrogen and oxygen atoms in total. The number of hydrogen-bond acceptors (Lipinski definition) is 10. The van der Waals surface area contributed by atoms with Gasteiger partial charge in [0, 0.05) is 30.5 Å². The highest BCUT2D eigenvalue weighted by Gasteiger charge is 2.04. The molecule has 3 N–H and O–H groups in total. The summed E-state index contributed by atoms with van der Waals surface area (Å²) in [5.74, 6) is 6.66. The Morgan fingerprint density at radius 3 is 2.17 bits per heavy atom. The van der Waals surface area contributed by atoms with E-state index in [9.17, 15) is 9.59 Å². The number of carbonyl (C=O) groups excluding carboxylic acids is 2. The van der Waals surface area contributed by atoms with Crippen LogP contribution in [0.2, 0.25) is 0 Å². The Morgan fingerprint density at radius 1 is 0.829 bits per heavy atom. The van der Waals surface area contributed by atoms with E-state index in [1.54, 1.807) is 21.6 Å². The summed E-state index contributed by atoms with van der Waals surface area (Å²) in [6.45, 7) is 9.78. The van der Waals surface area contributed by atoms with Gasteiger partial charge in [0.2, 0.25) is 5.91 Å². The minimum atomic E-state index is -0.441. The Balaban J connectivity index is 1.95. The minimum Gasteiger partial charge on any atom is -0.450 e. The average molecular weight is 614 g/mol. The van der Waals surface area contributed by atoms with Crippen LogP contribution in [-0.4, -0.2) is 97.5 Å². The number of rotatable bonds is 24. The molecule has 0 spiro atoms. The maximum Gasteiger partial charge on any atom is 0.407 e. The summed E-state index contributed by atoms with van der Waals surface area (Å²) >= 11 is 0. The van der Waals surface area contributed by atoms with Crippen molar-refractivity contribution in [2.24, 2.45) is 5.92 Å². The average Bonchev–Trinajstić information content (AvgIpc) is 2.95. The number of nitrogens with one attached hydrogen (secondary N) is 3. The summed E-state index contributed by atoms with van der Waals surface area (Å²) in [6, 6.07) is 7.94. The molecule has 0 heterocycles. The second kappa shape index (κ2) is 26.9. The molecular formula is C29H47N3O7S2. The van der Waals surface area contributed by atoms with Crippen molar-refractivity contribution in [1.82, 2.24) is 16.0 Å². The molecule has 1 aromatic carbocycles. The van der Waals surface area contributed by atoms with Gasteiger partial charge in [-0.15, -0.1) is 0 Å². The van der Waals surface area contributed by atoms with E-state index in [4.69, 9.17) is 23.7 Å². The fourth-order valence-electron chi connectivity index (χ4n) is 2.97. The Bertz CT molecular complexity index is 864. The minimum absolute atomic E-state index is 0.0336. The predicted molar refractivity (Wildman–Crippen MR) is 165 cm³/mol. The van der Waals surface area contributed by atoms with E-state index in [1.807, 2.05) is 45.2 Å². The van der Waals surface area contributed by atoms with Gasteiger partial charge in [0.15, 0.2) is 0 Å². The SMILES string of the molecule is CNCCOCCOCCOCCNC(=O)Cc1ccc(SSCOCCCCOC(=O)NCC#CC(C)C)cc1. The van der Waals surface area contributed by atoms with Gasteiger partial charge in [-0.05, 0) is 37.6 Å². The maximum atomic E-state index is 12.2. The highest BCUT2D eigenvalue weighted by Crippen LogP contribution is 2.31. The van der Waals surface area contributed by atoms with E-state index < -0.39 is 6.09 Å². The van der Waals surface area contributed by atoms with Crippen LogP contribution in [0.3, 0.4) is 0 Å². The maximum absolute atomic E-state index is 12.2. The standard InChI is InChI=1S/C29H47N3O7S2/c1-25(2)7-6-12-32-29(34)39-16-5-4-15-38-24-40-41-27-10-8-26(9-11-27)23-28(33)31-14-18-36-20-22-37-21-19-35-17-13-30-3/h8-11,25,30H,4-5,12-24H2,1-3H3,(H,31,33)(H,32,34). The van der Waals surface area contributed by atoms with Crippen molar-refractivity contribution in [3.8, 4) is 11.8 Å². The van der Waals surface area contributed by atoms with Crippen molar-refractivity contribution in [2.75, 3.05) is 85.5 Å². The number of amides is 2. The number of likely N-dealkylation sites (N-methyl/N-ethyl adjacent to an activating group) is 1. The van der Waals surface area contributed by atoms with E-state index >= 15 is 0 Å². The third kappa shape index (κ3) is 24.3. The Kier molecular flexibility index (Phi) is 24.3. The number of alkyl carbamates (subject to hydrolysis) is 1. The van der Waals surface area contributed by atoms with Gasteiger partial charge in [-0.2, -0.15) is 0 Å². The molecule has 1 rings (SSSR count).